The Balaban J connectivity index is 0.000000613. The lowest BCUT2D eigenvalue weighted by Gasteiger charge is -2.38. The smallest absolute Gasteiger partial charge is 0.416 e. The highest BCUT2D eigenvalue weighted by Crippen LogP contribution is 2.31. The molecule has 4 N–H and O–H groups in total. The van der Waals surface area contributed by atoms with Crippen molar-refractivity contribution in [3.63, 3.8) is 0 Å². The van der Waals surface area contributed by atoms with Gasteiger partial charge in [0.05, 0.1) is 10.6 Å². The van der Waals surface area contributed by atoms with Crippen LogP contribution in [0.1, 0.15) is 42.1 Å². The second-order valence-corrected chi connectivity index (χ2v) is 14.0. The standard InChI is InChI=1S/C35H36F4N4O2S.C4H6O6/c1-3-41-18-16-31(17-19-41)42(21-25-4-8-27(9-5-25)28-10-12-29(13-11-28)35(37,38)39)33(45)22-43-34(20-32(44)24(2)40-43)46-23-26-6-14-30(36)15-7-26;5-1(3(7)8)2(6)4(9)10/h4-15,20,31H,3,16-19,21-23H2,1-2H3;1-2,5-6H,(H,7,8)(H,9,10)/t;1-,2-/m.1/s1. The van der Waals surface area contributed by atoms with Crippen molar-refractivity contribution in [2.24, 2.45) is 0 Å². The Morgan fingerprint density at radius 3 is 1.89 bits per heavy atom. The summed E-state index contributed by atoms with van der Waals surface area (Å²) in [4.78, 5) is 50.4. The lowest BCUT2D eigenvalue weighted by atomic mass is 10.00. The van der Waals surface area contributed by atoms with Gasteiger partial charge in [-0.2, -0.15) is 18.3 Å². The van der Waals surface area contributed by atoms with Crippen LogP contribution < -0.4 is 5.43 Å². The highest BCUT2D eigenvalue weighted by atomic mass is 32.2. The molecule has 17 heteroatoms. The van der Waals surface area contributed by atoms with Crippen LogP contribution in [0.3, 0.4) is 0 Å². The van der Waals surface area contributed by atoms with Crippen molar-refractivity contribution in [3.05, 3.63) is 117 Å². The van der Waals surface area contributed by atoms with Crippen molar-refractivity contribution in [3.8, 4) is 11.1 Å². The number of alkyl halides is 3. The summed E-state index contributed by atoms with van der Waals surface area (Å²) in [5.74, 6) is -3.51. The molecule has 5 rings (SSSR count). The van der Waals surface area contributed by atoms with Gasteiger partial charge in [-0.15, -0.1) is 11.8 Å². The van der Waals surface area contributed by atoms with Gasteiger partial charge in [0.15, 0.2) is 12.2 Å². The van der Waals surface area contributed by atoms with Gasteiger partial charge >= 0.3 is 18.1 Å². The number of carboxylic acids is 2. The second kappa shape index (κ2) is 19.7. The summed E-state index contributed by atoms with van der Waals surface area (Å²) in [6.07, 6.45) is -7.27. The number of thioether (sulfide) groups is 1. The van der Waals surface area contributed by atoms with E-state index >= 15 is 0 Å². The third-order valence-electron chi connectivity index (χ3n) is 9.14. The predicted octanol–water partition coefficient (Wildman–Crippen LogP) is 5.06. The number of aliphatic hydroxyl groups is 2. The van der Waals surface area contributed by atoms with Crippen molar-refractivity contribution in [2.75, 3.05) is 19.6 Å². The maximum Gasteiger partial charge on any atom is 0.416 e. The van der Waals surface area contributed by atoms with Crippen molar-refractivity contribution >= 4 is 29.6 Å². The topological polar surface area (TPSA) is 174 Å². The van der Waals surface area contributed by atoms with Gasteiger partial charge in [-0.3, -0.25) is 9.59 Å². The molecule has 0 aliphatic carbocycles. The van der Waals surface area contributed by atoms with Gasteiger partial charge in [0.2, 0.25) is 11.3 Å². The van der Waals surface area contributed by atoms with E-state index in [9.17, 15) is 36.7 Å². The number of benzene rings is 3. The van der Waals surface area contributed by atoms with E-state index in [-0.39, 0.29) is 29.7 Å². The molecule has 0 spiro atoms. The van der Waals surface area contributed by atoms with Crippen LogP contribution in [0.5, 0.6) is 0 Å². The lowest BCUT2D eigenvalue weighted by molar-refractivity contribution is -0.165. The number of halogens is 4. The van der Waals surface area contributed by atoms with E-state index in [1.165, 1.54) is 42.1 Å². The lowest BCUT2D eigenvalue weighted by Crippen LogP contribution is -2.48. The number of aliphatic carboxylic acids is 2. The van der Waals surface area contributed by atoms with Crippen LogP contribution in [-0.4, -0.2) is 95.7 Å². The zero-order valence-electron chi connectivity index (χ0n) is 30.5. The fourth-order valence-corrected chi connectivity index (χ4v) is 6.80. The Labute approximate surface area is 324 Å². The number of amides is 1. The third-order valence-corrected chi connectivity index (χ3v) is 10.2. The molecule has 0 bridgehead atoms. The van der Waals surface area contributed by atoms with Crippen LogP contribution in [0.25, 0.3) is 11.1 Å². The quantitative estimate of drug-likeness (QED) is 0.105. The van der Waals surface area contributed by atoms with Gasteiger partial charge in [0.25, 0.3) is 0 Å². The first-order valence-electron chi connectivity index (χ1n) is 17.5. The van der Waals surface area contributed by atoms with E-state index in [4.69, 9.17) is 20.4 Å². The molecule has 1 aromatic heterocycles. The Morgan fingerprint density at radius 1 is 0.875 bits per heavy atom. The minimum Gasteiger partial charge on any atom is -0.479 e. The monoisotopic (exact) mass is 802 g/mol. The molecule has 4 aromatic rings. The third kappa shape index (κ3) is 12.2. The predicted molar refractivity (Wildman–Crippen MR) is 199 cm³/mol. The number of hydrogen-bond donors (Lipinski definition) is 4. The van der Waals surface area contributed by atoms with Gasteiger partial charge in [-0.05, 0) is 72.8 Å². The number of carbonyl (C=O) groups excluding carboxylic acids is 1. The van der Waals surface area contributed by atoms with Gasteiger partial charge in [-0.25, -0.2) is 18.7 Å². The van der Waals surface area contributed by atoms with Crippen LogP contribution in [0, 0.1) is 12.7 Å². The molecular weight excluding hydrogens is 761 g/mol. The van der Waals surface area contributed by atoms with E-state index < -0.39 is 35.9 Å². The van der Waals surface area contributed by atoms with Gasteiger partial charge in [0.1, 0.15) is 18.1 Å². The fraction of sp³-hybridized carbons (Fsp3) is 0.359. The SMILES string of the molecule is CCN1CCC(N(Cc2ccc(-c3ccc(C(F)(F)F)cc3)cc2)C(=O)Cn2nc(C)c(=O)cc2SCc2ccc(F)cc2)CC1.O=C(O)[C@H](O)[C@@H](O)C(=O)O. The van der Waals surface area contributed by atoms with Crippen molar-refractivity contribution in [1.82, 2.24) is 19.6 Å². The molecular formula is C39H42F4N4O8S. The fourth-order valence-electron chi connectivity index (χ4n) is 5.85. The Hall–Kier alpha value is -5.10. The number of likely N-dealkylation sites (tertiary alicyclic amines) is 1. The molecule has 1 amide bonds. The average Bonchev–Trinajstić information content (AvgIpc) is 3.18. The van der Waals surface area contributed by atoms with E-state index in [1.807, 2.05) is 29.2 Å². The first-order valence-corrected chi connectivity index (χ1v) is 18.5. The minimum absolute atomic E-state index is 0.0145. The number of carbonyl (C=O) groups is 3. The van der Waals surface area contributed by atoms with Crippen LogP contribution >= 0.6 is 11.8 Å². The molecule has 1 saturated heterocycles. The van der Waals surface area contributed by atoms with Crippen LogP contribution in [0.4, 0.5) is 17.6 Å². The largest absolute Gasteiger partial charge is 0.479 e. The molecule has 300 valence electrons. The minimum atomic E-state index is -4.39. The molecule has 0 saturated carbocycles. The number of aromatic nitrogens is 2. The summed E-state index contributed by atoms with van der Waals surface area (Å²) >= 11 is 1.37. The van der Waals surface area contributed by atoms with E-state index in [0.29, 0.717) is 28.6 Å². The maximum absolute atomic E-state index is 14.1. The van der Waals surface area contributed by atoms with Gasteiger partial charge in [0, 0.05) is 37.5 Å². The van der Waals surface area contributed by atoms with Crippen LogP contribution in [0.2, 0.25) is 0 Å². The molecule has 2 atom stereocenters. The molecule has 3 aromatic carbocycles. The van der Waals surface area contributed by atoms with Gasteiger partial charge < -0.3 is 30.2 Å². The zero-order valence-corrected chi connectivity index (χ0v) is 31.3. The molecule has 2 heterocycles. The Kier molecular flexibility index (Phi) is 15.3. The highest BCUT2D eigenvalue weighted by Gasteiger charge is 2.31. The number of aliphatic hydroxyl groups excluding tert-OH is 2. The number of piperidine rings is 1. The summed E-state index contributed by atoms with van der Waals surface area (Å²) in [7, 11) is 0. The maximum atomic E-state index is 14.1. The van der Waals surface area contributed by atoms with E-state index in [1.54, 1.807) is 23.7 Å². The molecule has 1 aliphatic heterocycles. The number of rotatable bonds is 13. The first-order chi connectivity index (χ1) is 26.5. The Bertz CT molecular complexity index is 1990. The van der Waals surface area contributed by atoms with Gasteiger partial charge in [-0.1, -0.05) is 55.5 Å². The number of aryl methyl sites for hydroxylation is 1. The zero-order chi connectivity index (χ0) is 41.2. The van der Waals surface area contributed by atoms with E-state index in [0.717, 1.165) is 61.3 Å². The summed E-state index contributed by atoms with van der Waals surface area (Å²) in [6.45, 7) is 6.76. The first kappa shape index (κ1) is 43.6. The Morgan fingerprint density at radius 2 is 1.39 bits per heavy atom. The number of hydrogen-bond acceptors (Lipinski definition) is 9. The summed E-state index contributed by atoms with van der Waals surface area (Å²) < 4.78 is 54.0. The average molecular weight is 803 g/mol. The summed E-state index contributed by atoms with van der Waals surface area (Å²) in [5, 5.41) is 37.5. The van der Waals surface area contributed by atoms with E-state index in [2.05, 4.69) is 16.9 Å². The van der Waals surface area contributed by atoms with Crippen molar-refractivity contribution < 1.29 is 52.4 Å². The molecule has 12 nitrogen and oxygen atoms in total. The molecule has 0 unspecified atom stereocenters. The molecule has 1 aliphatic rings. The molecule has 56 heavy (non-hydrogen) atoms. The second-order valence-electron chi connectivity index (χ2n) is 13.0. The highest BCUT2D eigenvalue weighted by molar-refractivity contribution is 7.98. The number of nitrogens with zero attached hydrogens (tertiary/aromatic N) is 4. The number of carboxylic acid groups (broad SMARTS) is 2. The van der Waals surface area contributed by atoms with Crippen LogP contribution in [-0.2, 0) is 39.4 Å². The summed E-state index contributed by atoms with van der Waals surface area (Å²) in [5.41, 5.74) is 2.61. The van der Waals surface area contributed by atoms with Crippen molar-refractivity contribution in [2.45, 2.75) is 75.0 Å². The molecule has 1 fully saturated rings. The molecule has 0 radical (unpaired) electrons. The summed E-state index contributed by atoms with van der Waals surface area (Å²) in [6, 6.07) is 20.2. The van der Waals surface area contributed by atoms with Crippen molar-refractivity contribution in [1.29, 1.82) is 0 Å². The van der Waals surface area contributed by atoms with Crippen LogP contribution in [0.15, 0.2) is 88.7 Å². The normalized spacial score (nSPS) is 14.6.